The van der Waals surface area contributed by atoms with Gasteiger partial charge in [-0.3, -0.25) is 9.59 Å². The number of amides is 1. The summed E-state index contributed by atoms with van der Waals surface area (Å²) in [5.41, 5.74) is 1.65. The molecular formula is C19H18FNO3. The number of halogens is 1. The zero-order valence-electron chi connectivity index (χ0n) is 13.3. The van der Waals surface area contributed by atoms with Gasteiger partial charge in [-0.25, -0.2) is 4.39 Å². The summed E-state index contributed by atoms with van der Waals surface area (Å²) in [6, 6.07) is 12.2. The Bertz CT molecular complexity index is 774. The van der Waals surface area contributed by atoms with Gasteiger partial charge >= 0.3 is 0 Å². The number of carbonyl (C=O) groups excluding carboxylic acids is 2. The van der Waals surface area contributed by atoms with Crippen molar-refractivity contribution in [2.45, 2.75) is 25.8 Å². The van der Waals surface area contributed by atoms with Crippen LogP contribution in [-0.2, 0) is 11.3 Å². The Balaban J connectivity index is 1.63. The van der Waals surface area contributed by atoms with Crippen molar-refractivity contribution in [3.8, 4) is 5.75 Å². The Labute approximate surface area is 139 Å². The lowest BCUT2D eigenvalue weighted by Crippen LogP contribution is -2.28. The van der Waals surface area contributed by atoms with E-state index in [1.165, 1.54) is 12.1 Å². The summed E-state index contributed by atoms with van der Waals surface area (Å²) < 4.78 is 19.4. The van der Waals surface area contributed by atoms with Gasteiger partial charge in [-0.2, -0.15) is 0 Å². The number of ether oxygens (including phenoxy) is 1. The summed E-state index contributed by atoms with van der Waals surface area (Å²) in [6.07, 6.45) is 0.271. The summed E-state index contributed by atoms with van der Waals surface area (Å²) in [6.45, 7) is 2.00. The second-order valence-corrected chi connectivity index (χ2v) is 5.91. The highest BCUT2D eigenvalue weighted by Gasteiger charge is 2.32. The first-order valence-electron chi connectivity index (χ1n) is 7.85. The van der Waals surface area contributed by atoms with Crippen LogP contribution in [0, 0.1) is 5.82 Å². The van der Waals surface area contributed by atoms with Crippen molar-refractivity contribution < 1.29 is 18.7 Å². The van der Waals surface area contributed by atoms with Gasteiger partial charge in [0.15, 0.2) is 12.4 Å². The number of carbonyl (C=O) groups is 2. The zero-order chi connectivity index (χ0) is 17.1. The van der Waals surface area contributed by atoms with E-state index in [9.17, 15) is 14.0 Å². The first kappa shape index (κ1) is 16.2. The molecule has 0 radical (unpaired) electrons. The summed E-state index contributed by atoms with van der Waals surface area (Å²) in [5.74, 6) is -0.727. The van der Waals surface area contributed by atoms with Crippen molar-refractivity contribution in [2.24, 2.45) is 0 Å². The molecule has 0 heterocycles. The molecule has 0 saturated carbocycles. The highest BCUT2D eigenvalue weighted by molar-refractivity contribution is 6.03. The maximum absolute atomic E-state index is 13.9. The molecule has 0 unspecified atom stereocenters. The highest BCUT2D eigenvalue weighted by atomic mass is 19.1. The number of rotatable bonds is 5. The lowest BCUT2D eigenvalue weighted by Gasteiger charge is -2.12. The molecule has 1 aliphatic carbocycles. The van der Waals surface area contributed by atoms with Crippen molar-refractivity contribution in [3.05, 3.63) is 65.0 Å². The molecule has 0 aliphatic heterocycles. The summed E-state index contributed by atoms with van der Waals surface area (Å²) in [7, 11) is 0. The maximum Gasteiger partial charge on any atom is 0.258 e. The Morgan fingerprint density at radius 3 is 2.75 bits per heavy atom. The van der Waals surface area contributed by atoms with E-state index < -0.39 is 5.82 Å². The molecule has 1 amide bonds. The number of benzene rings is 2. The number of hydrogen-bond acceptors (Lipinski definition) is 3. The third-order valence-corrected chi connectivity index (χ3v) is 4.11. The molecular weight excluding hydrogens is 309 g/mol. The largest absolute Gasteiger partial charge is 0.483 e. The van der Waals surface area contributed by atoms with Crippen molar-refractivity contribution in [1.29, 1.82) is 0 Å². The van der Waals surface area contributed by atoms with E-state index >= 15 is 0 Å². The fraction of sp³-hybridized carbons (Fsp3) is 0.263. The zero-order valence-corrected chi connectivity index (χ0v) is 13.3. The van der Waals surface area contributed by atoms with Gasteiger partial charge in [0.1, 0.15) is 11.6 Å². The number of nitrogens with one attached hydrogen (secondary N) is 1. The molecule has 0 saturated heterocycles. The van der Waals surface area contributed by atoms with Gasteiger partial charge < -0.3 is 10.1 Å². The second kappa shape index (κ2) is 6.83. The molecule has 0 fully saturated rings. The minimum atomic E-state index is -0.399. The monoisotopic (exact) mass is 327 g/mol. The number of Topliss-reactive ketones (excluding diaryl/α,β-unsaturated/α-hetero) is 1. The van der Waals surface area contributed by atoms with Crippen LogP contribution in [-0.4, -0.2) is 18.3 Å². The average Bonchev–Trinajstić information content (AvgIpc) is 2.89. The van der Waals surface area contributed by atoms with E-state index in [4.69, 9.17) is 4.74 Å². The molecule has 1 N–H and O–H groups in total. The first-order chi connectivity index (χ1) is 11.6. The Morgan fingerprint density at radius 2 is 2.00 bits per heavy atom. The van der Waals surface area contributed by atoms with Crippen LogP contribution < -0.4 is 10.1 Å². The minimum absolute atomic E-state index is 0.142. The molecule has 0 aromatic heterocycles. The van der Waals surface area contributed by atoms with Crippen LogP contribution in [0.5, 0.6) is 5.75 Å². The van der Waals surface area contributed by atoms with Crippen molar-refractivity contribution >= 4 is 11.7 Å². The Hall–Kier alpha value is -2.69. The summed E-state index contributed by atoms with van der Waals surface area (Å²) in [4.78, 5) is 24.0. The topological polar surface area (TPSA) is 55.4 Å². The average molecular weight is 327 g/mol. The molecule has 1 aliphatic rings. The van der Waals surface area contributed by atoms with E-state index in [-0.39, 0.29) is 41.9 Å². The molecule has 4 nitrogen and oxygen atoms in total. The molecule has 2 aromatic carbocycles. The molecule has 5 heteroatoms. The molecule has 24 heavy (non-hydrogen) atoms. The summed E-state index contributed by atoms with van der Waals surface area (Å²) in [5, 5.41) is 2.75. The van der Waals surface area contributed by atoms with Crippen molar-refractivity contribution in [3.63, 3.8) is 0 Å². The van der Waals surface area contributed by atoms with Crippen LogP contribution in [0.2, 0.25) is 0 Å². The second-order valence-electron chi connectivity index (χ2n) is 5.91. The molecule has 1 atom stereocenters. The normalized spacial score (nSPS) is 15.9. The van der Waals surface area contributed by atoms with Crippen LogP contribution in [0.3, 0.4) is 0 Å². The number of ketones is 1. The predicted molar refractivity (Wildman–Crippen MR) is 87.5 cm³/mol. The van der Waals surface area contributed by atoms with Crippen LogP contribution in [0.1, 0.15) is 40.7 Å². The fourth-order valence-electron chi connectivity index (χ4n) is 2.94. The number of hydrogen-bond donors (Lipinski definition) is 1. The minimum Gasteiger partial charge on any atom is -0.483 e. The lowest BCUT2D eigenvalue weighted by atomic mass is 10.0. The quantitative estimate of drug-likeness (QED) is 0.917. The molecule has 124 valence electrons. The number of fused-ring (bicyclic) bond motifs is 1. The lowest BCUT2D eigenvalue weighted by molar-refractivity contribution is -0.123. The van der Waals surface area contributed by atoms with Gasteiger partial charge in [0, 0.05) is 18.5 Å². The van der Waals surface area contributed by atoms with Gasteiger partial charge in [0.2, 0.25) is 0 Å². The Morgan fingerprint density at radius 1 is 1.25 bits per heavy atom. The fourth-order valence-corrected chi connectivity index (χ4v) is 2.94. The van der Waals surface area contributed by atoms with E-state index in [0.717, 1.165) is 5.56 Å². The highest BCUT2D eigenvalue weighted by Crippen LogP contribution is 2.39. The predicted octanol–water partition coefficient (Wildman–Crippen LogP) is 3.21. The van der Waals surface area contributed by atoms with E-state index in [1.54, 1.807) is 0 Å². The molecule has 2 aromatic rings. The van der Waals surface area contributed by atoms with Crippen molar-refractivity contribution in [2.75, 3.05) is 6.61 Å². The third kappa shape index (κ3) is 3.30. The van der Waals surface area contributed by atoms with Gasteiger partial charge in [-0.1, -0.05) is 37.3 Å². The smallest absolute Gasteiger partial charge is 0.258 e. The molecule has 0 bridgehead atoms. The standard InChI is InChI=1S/C19H18FNO3/c1-12-9-15(22)19-16(8-7-14(20)18(12)19)24-11-17(23)21-10-13-5-3-2-4-6-13/h2-8,12H,9-11H2,1H3,(H,21,23)/t12-/m0/s1. The SMILES string of the molecule is C[C@H]1CC(=O)c2c(OCC(=O)NCc3ccccc3)ccc(F)c21. The van der Waals surface area contributed by atoms with E-state index in [1.807, 2.05) is 37.3 Å². The van der Waals surface area contributed by atoms with Crippen LogP contribution in [0.4, 0.5) is 4.39 Å². The van der Waals surface area contributed by atoms with Crippen molar-refractivity contribution in [1.82, 2.24) is 5.32 Å². The first-order valence-corrected chi connectivity index (χ1v) is 7.85. The van der Waals surface area contributed by atoms with E-state index in [0.29, 0.717) is 12.1 Å². The van der Waals surface area contributed by atoms with Gasteiger partial charge in [-0.15, -0.1) is 0 Å². The van der Waals surface area contributed by atoms with Crippen LogP contribution in [0.15, 0.2) is 42.5 Å². The van der Waals surface area contributed by atoms with Crippen LogP contribution >= 0.6 is 0 Å². The Kier molecular flexibility index (Phi) is 4.60. The third-order valence-electron chi connectivity index (χ3n) is 4.11. The van der Waals surface area contributed by atoms with Gasteiger partial charge in [0.05, 0.1) is 5.56 Å². The van der Waals surface area contributed by atoms with Gasteiger partial charge in [0.25, 0.3) is 5.91 Å². The maximum atomic E-state index is 13.9. The molecule has 3 rings (SSSR count). The van der Waals surface area contributed by atoms with E-state index in [2.05, 4.69) is 5.32 Å². The van der Waals surface area contributed by atoms with Gasteiger partial charge in [-0.05, 0) is 23.6 Å². The van der Waals surface area contributed by atoms with Crippen LogP contribution in [0.25, 0.3) is 0 Å². The molecule has 0 spiro atoms. The summed E-state index contributed by atoms with van der Waals surface area (Å²) >= 11 is 0.